The lowest BCUT2D eigenvalue weighted by Gasteiger charge is -2.42. The van der Waals surface area contributed by atoms with Gasteiger partial charge in [-0.15, -0.1) is 0 Å². The minimum absolute atomic E-state index is 0.0185. The number of carbonyl (C=O) groups is 1. The molecule has 1 N–H and O–H groups in total. The summed E-state index contributed by atoms with van der Waals surface area (Å²) in [5.41, 5.74) is 2.00. The van der Waals surface area contributed by atoms with E-state index in [0.29, 0.717) is 5.69 Å². The third-order valence-corrected chi connectivity index (χ3v) is 7.49. The summed E-state index contributed by atoms with van der Waals surface area (Å²) < 4.78 is 7.37. The number of nitrogens with zero attached hydrogens (tertiary/aromatic N) is 3. The van der Waals surface area contributed by atoms with Crippen LogP contribution in [0.1, 0.15) is 56.2 Å². The molecule has 0 radical (unpaired) electrons. The first-order valence-electron chi connectivity index (χ1n) is 10.4. The van der Waals surface area contributed by atoms with Crippen LogP contribution in [-0.2, 0) is 11.3 Å². The Morgan fingerprint density at radius 2 is 2.04 bits per heavy atom. The first kappa shape index (κ1) is 18.9. The summed E-state index contributed by atoms with van der Waals surface area (Å²) in [5.74, 6) is 0.704. The molecule has 1 amide bonds. The van der Waals surface area contributed by atoms with E-state index in [1.165, 1.54) is 19.3 Å². The first-order chi connectivity index (χ1) is 12.8. The number of fused-ring (bicyclic) bond motifs is 2. The molecule has 1 aromatic heterocycles. The largest absolute Gasteiger partial charge is 0.379 e. The molecule has 2 aliphatic carbocycles. The van der Waals surface area contributed by atoms with E-state index in [9.17, 15) is 4.79 Å². The van der Waals surface area contributed by atoms with Crippen LogP contribution in [0.4, 0.5) is 0 Å². The number of hydrogen-bond acceptors (Lipinski definition) is 4. The molecule has 2 saturated carbocycles. The summed E-state index contributed by atoms with van der Waals surface area (Å²) in [7, 11) is 0. The molecule has 3 fully saturated rings. The fraction of sp³-hybridized carbons (Fsp3) is 0.810. The van der Waals surface area contributed by atoms with Crippen LogP contribution in [0, 0.1) is 23.7 Å². The fourth-order valence-corrected chi connectivity index (χ4v) is 5.78. The molecule has 3 atom stereocenters. The van der Waals surface area contributed by atoms with Crippen molar-refractivity contribution < 1.29 is 9.53 Å². The molecule has 4 rings (SSSR count). The molecule has 6 heteroatoms. The zero-order valence-electron chi connectivity index (χ0n) is 17.3. The van der Waals surface area contributed by atoms with Crippen molar-refractivity contribution in [1.82, 2.24) is 20.0 Å². The summed E-state index contributed by atoms with van der Waals surface area (Å²) >= 11 is 0. The van der Waals surface area contributed by atoms with Crippen molar-refractivity contribution in [2.75, 3.05) is 32.8 Å². The predicted molar refractivity (Wildman–Crippen MR) is 105 cm³/mol. The summed E-state index contributed by atoms with van der Waals surface area (Å²) in [6.45, 7) is 14.3. The van der Waals surface area contributed by atoms with Crippen LogP contribution in [0.2, 0.25) is 0 Å². The van der Waals surface area contributed by atoms with Crippen LogP contribution in [0.25, 0.3) is 0 Å². The normalized spacial score (nSPS) is 32.7. The molecule has 1 aliphatic heterocycles. The molecule has 6 nitrogen and oxygen atoms in total. The zero-order chi connectivity index (χ0) is 19.2. The van der Waals surface area contributed by atoms with Crippen molar-refractivity contribution in [3.8, 4) is 0 Å². The van der Waals surface area contributed by atoms with Crippen LogP contribution in [-0.4, -0.2) is 59.5 Å². The van der Waals surface area contributed by atoms with Crippen LogP contribution >= 0.6 is 0 Å². The molecule has 1 aromatic rings. The van der Waals surface area contributed by atoms with E-state index in [0.717, 1.165) is 51.0 Å². The average molecular weight is 375 g/mol. The Hall–Kier alpha value is -1.40. The highest BCUT2D eigenvalue weighted by molar-refractivity contribution is 5.92. The molecule has 2 bridgehead atoms. The Labute approximate surface area is 162 Å². The molecule has 0 spiro atoms. The fourth-order valence-electron chi connectivity index (χ4n) is 5.78. The van der Waals surface area contributed by atoms with Gasteiger partial charge < -0.3 is 10.1 Å². The first-order valence-corrected chi connectivity index (χ1v) is 10.4. The third-order valence-electron chi connectivity index (χ3n) is 7.49. The Bertz CT molecular complexity index is 702. The van der Waals surface area contributed by atoms with Crippen molar-refractivity contribution in [2.24, 2.45) is 16.7 Å². The maximum absolute atomic E-state index is 13.0. The summed E-state index contributed by atoms with van der Waals surface area (Å²) in [6.07, 6.45) is 3.75. The standard InChI is InChI=1S/C21H34N4O2/c1-15-13-17(23-25(15)8-7-24-9-11-27-12-10-24)18(26)22-19-20(2,3)16-5-6-21(19,4)14-16/h13,16,19H,5-12,14H2,1-4H3,(H,22,26). The number of morpholine rings is 1. The van der Waals surface area contributed by atoms with Gasteiger partial charge in [-0.05, 0) is 49.0 Å². The van der Waals surface area contributed by atoms with E-state index in [4.69, 9.17) is 4.74 Å². The van der Waals surface area contributed by atoms with E-state index in [1.54, 1.807) is 0 Å². The predicted octanol–water partition coefficient (Wildman–Crippen LogP) is 2.47. The molecule has 1 saturated heterocycles. The third kappa shape index (κ3) is 3.42. The number of aryl methyl sites for hydroxylation is 1. The number of amides is 1. The van der Waals surface area contributed by atoms with Gasteiger partial charge in [0.15, 0.2) is 0 Å². The molecule has 3 aliphatic rings. The van der Waals surface area contributed by atoms with Crippen molar-refractivity contribution in [2.45, 2.75) is 59.5 Å². The van der Waals surface area contributed by atoms with E-state index in [-0.39, 0.29) is 22.8 Å². The zero-order valence-corrected chi connectivity index (χ0v) is 17.3. The van der Waals surface area contributed by atoms with Crippen LogP contribution in [0.5, 0.6) is 0 Å². The van der Waals surface area contributed by atoms with Crippen molar-refractivity contribution >= 4 is 5.91 Å². The van der Waals surface area contributed by atoms with Gasteiger partial charge in [-0.3, -0.25) is 14.4 Å². The Balaban J connectivity index is 1.41. The molecule has 0 aromatic carbocycles. The lowest BCUT2D eigenvalue weighted by atomic mass is 9.68. The topological polar surface area (TPSA) is 59.4 Å². The van der Waals surface area contributed by atoms with E-state index in [2.05, 4.69) is 36.1 Å². The number of carbonyl (C=O) groups excluding carboxylic acids is 1. The maximum Gasteiger partial charge on any atom is 0.272 e. The molecule has 150 valence electrons. The number of nitrogens with one attached hydrogen (secondary N) is 1. The van der Waals surface area contributed by atoms with Crippen molar-refractivity contribution in [3.05, 3.63) is 17.5 Å². The monoisotopic (exact) mass is 374 g/mol. The van der Waals surface area contributed by atoms with Gasteiger partial charge in [0.2, 0.25) is 0 Å². The second-order valence-electron chi connectivity index (χ2n) is 9.67. The van der Waals surface area contributed by atoms with Crippen molar-refractivity contribution in [1.29, 1.82) is 0 Å². The molecular weight excluding hydrogens is 340 g/mol. The van der Waals surface area contributed by atoms with Crippen LogP contribution in [0.15, 0.2) is 6.07 Å². The van der Waals surface area contributed by atoms with E-state index >= 15 is 0 Å². The van der Waals surface area contributed by atoms with Gasteiger partial charge in [0.25, 0.3) is 5.91 Å². The highest BCUT2D eigenvalue weighted by Gasteiger charge is 2.59. The second kappa shape index (κ2) is 6.89. The lowest BCUT2D eigenvalue weighted by Crippen LogP contribution is -2.52. The quantitative estimate of drug-likeness (QED) is 0.860. The number of ether oxygens (including phenoxy) is 1. The molecular formula is C21H34N4O2. The van der Waals surface area contributed by atoms with Gasteiger partial charge in [-0.1, -0.05) is 20.8 Å². The second-order valence-corrected chi connectivity index (χ2v) is 9.67. The SMILES string of the molecule is Cc1cc(C(=O)NC2C3(C)CCC(C3)C2(C)C)nn1CCN1CCOCC1. The average Bonchev–Trinajstić information content (AvgIpc) is 3.26. The summed E-state index contributed by atoms with van der Waals surface area (Å²) in [6, 6.07) is 2.16. The summed E-state index contributed by atoms with van der Waals surface area (Å²) in [5, 5.41) is 7.98. The number of hydrogen-bond donors (Lipinski definition) is 1. The molecule has 27 heavy (non-hydrogen) atoms. The van der Waals surface area contributed by atoms with E-state index in [1.807, 2.05) is 17.7 Å². The highest BCUT2D eigenvalue weighted by Crippen LogP contribution is 2.62. The van der Waals surface area contributed by atoms with Crippen LogP contribution in [0.3, 0.4) is 0 Å². The van der Waals surface area contributed by atoms with Gasteiger partial charge in [0, 0.05) is 31.4 Å². The van der Waals surface area contributed by atoms with Gasteiger partial charge in [-0.2, -0.15) is 5.10 Å². The van der Waals surface area contributed by atoms with Gasteiger partial charge in [-0.25, -0.2) is 0 Å². The lowest BCUT2D eigenvalue weighted by molar-refractivity contribution is 0.0359. The Morgan fingerprint density at radius 3 is 2.70 bits per heavy atom. The number of aromatic nitrogens is 2. The molecule has 3 unspecified atom stereocenters. The van der Waals surface area contributed by atoms with Gasteiger partial charge >= 0.3 is 0 Å². The highest BCUT2D eigenvalue weighted by atomic mass is 16.5. The Kier molecular flexibility index (Phi) is 4.83. The van der Waals surface area contributed by atoms with E-state index < -0.39 is 0 Å². The molecule has 2 heterocycles. The van der Waals surface area contributed by atoms with Gasteiger partial charge in [0.1, 0.15) is 5.69 Å². The minimum atomic E-state index is -0.0185. The maximum atomic E-state index is 13.0. The Morgan fingerprint density at radius 1 is 1.30 bits per heavy atom. The van der Waals surface area contributed by atoms with Gasteiger partial charge in [0.05, 0.1) is 19.8 Å². The number of rotatable bonds is 5. The summed E-state index contributed by atoms with van der Waals surface area (Å²) in [4.78, 5) is 15.4. The smallest absolute Gasteiger partial charge is 0.272 e. The van der Waals surface area contributed by atoms with Crippen molar-refractivity contribution in [3.63, 3.8) is 0 Å². The minimum Gasteiger partial charge on any atom is -0.379 e. The van der Waals surface area contributed by atoms with Crippen LogP contribution < -0.4 is 5.32 Å².